The van der Waals surface area contributed by atoms with E-state index in [0.717, 1.165) is 28.5 Å². The van der Waals surface area contributed by atoms with Gasteiger partial charge in [0, 0.05) is 17.6 Å². The minimum Gasteiger partial charge on any atom is -0.508 e. The Morgan fingerprint density at radius 1 is 0.962 bits per heavy atom. The van der Waals surface area contributed by atoms with Gasteiger partial charge >= 0.3 is 0 Å². The Hall–Kier alpha value is -2.72. The molecule has 4 nitrogen and oxygen atoms in total. The Morgan fingerprint density at radius 2 is 1.73 bits per heavy atom. The van der Waals surface area contributed by atoms with Crippen LogP contribution in [0.15, 0.2) is 42.5 Å². The highest BCUT2D eigenvalue weighted by Gasteiger charge is 2.27. The lowest BCUT2D eigenvalue weighted by Gasteiger charge is -2.31. The van der Waals surface area contributed by atoms with Crippen LogP contribution in [-0.4, -0.2) is 23.4 Å². The molecule has 0 aromatic heterocycles. The number of benzene rings is 3. The fourth-order valence-electron chi connectivity index (χ4n) is 4.24. The lowest BCUT2D eigenvalue weighted by molar-refractivity contribution is 0.410. The molecule has 1 aliphatic rings. The average Bonchev–Trinajstić information content (AvgIpc) is 2.61. The quantitative estimate of drug-likeness (QED) is 0.636. The molecule has 0 bridgehead atoms. The van der Waals surface area contributed by atoms with E-state index in [1.54, 1.807) is 19.2 Å². The first-order chi connectivity index (χ1) is 12.5. The molecule has 1 heterocycles. The summed E-state index contributed by atoms with van der Waals surface area (Å²) in [5, 5.41) is 26.0. The van der Waals surface area contributed by atoms with Crippen LogP contribution in [0.1, 0.15) is 31.0 Å². The second-order valence-electron chi connectivity index (χ2n) is 7.03. The molecule has 4 rings (SSSR count). The largest absolute Gasteiger partial charge is 0.508 e. The normalized spacial score (nSPS) is 19.3. The van der Waals surface area contributed by atoms with Gasteiger partial charge in [-0.05, 0) is 60.5 Å². The van der Waals surface area contributed by atoms with Crippen LogP contribution in [0.5, 0.6) is 17.2 Å². The third kappa shape index (κ3) is 2.49. The number of nitrogens with one attached hydrogen (secondary N) is 1. The van der Waals surface area contributed by atoms with Gasteiger partial charge in [0.15, 0.2) is 0 Å². The van der Waals surface area contributed by atoms with Crippen LogP contribution in [-0.2, 0) is 6.42 Å². The van der Waals surface area contributed by atoms with Gasteiger partial charge in [-0.1, -0.05) is 24.3 Å². The first kappa shape index (κ1) is 16.7. The highest BCUT2D eigenvalue weighted by atomic mass is 16.5. The molecule has 3 aromatic carbocycles. The van der Waals surface area contributed by atoms with Gasteiger partial charge in [0.1, 0.15) is 17.2 Å². The van der Waals surface area contributed by atoms with Crippen LogP contribution in [0.25, 0.3) is 21.9 Å². The molecule has 3 aromatic rings. The smallest absolute Gasteiger partial charge is 0.130 e. The number of aromatic hydroxyl groups is 2. The van der Waals surface area contributed by atoms with Gasteiger partial charge in [-0.3, -0.25) is 0 Å². The Bertz CT molecular complexity index is 996. The van der Waals surface area contributed by atoms with Gasteiger partial charge in [0.25, 0.3) is 0 Å². The van der Waals surface area contributed by atoms with Gasteiger partial charge in [0.05, 0.1) is 12.5 Å². The number of rotatable bonds is 2. The summed E-state index contributed by atoms with van der Waals surface area (Å²) >= 11 is 0. The van der Waals surface area contributed by atoms with Gasteiger partial charge in [-0.15, -0.1) is 0 Å². The van der Waals surface area contributed by atoms with Crippen molar-refractivity contribution in [2.24, 2.45) is 0 Å². The van der Waals surface area contributed by atoms with Crippen LogP contribution >= 0.6 is 0 Å². The molecule has 2 atom stereocenters. The lowest BCUT2D eigenvalue weighted by atomic mass is 9.83. The van der Waals surface area contributed by atoms with Crippen molar-refractivity contribution in [2.75, 3.05) is 7.11 Å². The molecule has 0 saturated carbocycles. The predicted molar refractivity (Wildman–Crippen MR) is 104 cm³/mol. The third-order valence-electron chi connectivity index (χ3n) is 5.30. The van der Waals surface area contributed by atoms with E-state index in [2.05, 4.69) is 19.2 Å². The molecule has 0 aliphatic carbocycles. The standard InChI is InChI=1S/C22H23NO3/c1-12-11-17-15(7-9-19(25)21(17)13(2)23-12)14-8-10-20(26-3)22-16(14)5-4-6-18(22)24/h4-10,12-13,23-25H,11H2,1-3H3/t12-,13-/m1/s1. The molecular weight excluding hydrogens is 326 g/mol. The van der Waals surface area contributed by atoms with Crippen LogP contribution in [0.4, 0.5) is 0 Å². The zero-order chi connectivity index (χ0) is 18.4. The molecule has 0 fully saturated rings. The lowest BCUT2D eigenvalue weighted by Crippen LogP contribution is -2.36. The molecule has 0 amide bonds. The fourth-order valence-corrected chi connectivity index (χ4v) is 4.24. The van der Waals surface area contributed by atoms with E-state index in [1.807, 2.05) is 30.3 Å². The summed E-state index contributed by atoms with van der Waals surface area (Å²) in [6.45, 7) is 4.24. The molecule has 0 saturated heterocycles. The van der Waals surface area contributed by atoms with Crippen molar-refractivity contribution >= 4 is 10.8 Å². The molecule has 0 unspecified atom stereocenters. The molecule has 1 aliphatic heterocycles. The number of phenols is 2. The minimum absolute atomic E-state index is 0.0895. The van der Waals surface area contributed by atoms with Crippen molar-refractivity contribution in [2.45, 2.75) is 32.4 Å². The summed E-state index contributed by atoms with van der Waals surface area (Å²) in [6.07, 6.45) is 0.843. The summed E-state index contributed by atoms with van der Waals surface area (Å²) in [5.41, 5.74) is 4.26. The van der Waals surface area contributed by atoms with E-state index in [9.17, 15) is 10.2 Å². The molecule has 4 heteroatoms. The van der Waals surface area contributed by atoms with E-state index in [4.69, 9.17) is 4.74 Å². The molecule has 3 N–H and O–H groups in total. The molecule has 0 radical (unpaired) electrons. The summed E-state index contributed by atoms with van der Waals surface area (Å²) < 4.78 is 5.46. The number of hydrogen-bond donors (Lipinski definition) is 3. The summed E-state index contributed by atoms with van der Waals surface area (Å²) in [7, 11) is 1.61. The second-order valence-corrected chi connectivity index (χ2v) is 7.03. The zero-order valence-electron chi connectivity index (χ0n) is 15.2. The van der Waals surface area contributed by atoms with Gasteiger partial charge in [0.2, 0.25) is 0 Å². The van der Waals surface area contributed by atoms with Crippen molar-refractivity contribution in [3.8, 4) is 28.4 Å². The van der Waals surface area contributed by atoms with Crippen molar-refractivity contribution in [3.05, 3.63) is 53.6 Å². The Kier molecular flexibility index (Phi) is 4.00. The average molecular weight is 349 g/mol. The van der Waals surface area contributed by atoms with E-state index in [1.165, 1.54) is 5.56 Å². The van der Waals surface area contributed by atoms with E-state index in [0.29, 0.717) is 22.9 Å². The number of ether oxygens (including phenoxy) is 1. The van der Waals surface area contributed by atoms with Crippen molar-refractivity contribution in [1.82, 2.24) is 5.32 Å². The zero-order valence-corrected chi connectivity index (χ0v) is 15.2. The molecular formula is C22H23NO3. The fraction of sp³-hybridized carbons (Fsp3) is 0.273. The van der Waals surface area contributed by atoms with Crippen LogP contribution in [0, 0.1) is 0 Å². The maximum atomic E-state index is 10.4. The van der Waals surface area contributed by atoms with Gasteiger partial charge in [-0.25, -0.2) is 0 Å². The number of phenolic OH excluding ortho intramolecular Hbond substituents is 2. The number of hydrogen-bond acceptors (Lipinski definition) is 4. The number of methoxy groups -OCH3 is 1. The monoisotopic (exact) mass is 349 g/mol. The predicted octanol–water partition coefficient (Wildman–Crippen LogP) is 4.52. The first-order valence-corrected chi connectivity index (χ1v) is 8.91. The second kappa shape index (κ2) is 6.22. The van der Waals surface area contributed by atoms with Gasteiger partial charge < -0.3 is 20.3 Å². The Labute approximate surface area is 153 Å². The molecule has 134 valence electrons. The van der Waals surface area contributed by atoms with E-state index in [-0.39, 0.29) is 11.8 Å². The van der Waals surface area contributed by atoms with Crippen LogP contribution in [0.3, 0.4) is 0 Å². The topological polar surface area (TPSA) is 61.7 Å². The number of fused-ring (bicyclic) bond motifs is 2. The Morgan fingerprint density at radius 3 is 2.50 bits per heavy atom. The molecule has 26 heavy (non-hydrogen) atoms. The highest BCUT2D eigenvalue weighted by Crippen LogP contribution is 2.44. The van der Waals surface area contributed by atoms with Crippen LogP contribution in [0.2, 0.25) is 0 Å². The SMILES string of the molecule is COc1ccc(-c2ccc(O)c3c2C[C@@H](C)N[C@@H]3C)c2cccc(O)c12. The maximum Gasteiger partial charge on any atom is 0.130 e. The Balaban J connectivity index is 2.04. The summed E-state index contributed by atoms with van der Waals surface area (Å²) in [5.74, 6) is 1.19. The third-order valence-corrected chi connectivity index (χ3v) is 5.30. The van der Waals surface area contributed by atoms with E-state index >= 15 is 0 Å². The molecule has 0 spiro atoms. The highest BCUT2D eigenvalue weighted by molar-refractivity contribution is 6.04. The van der Waals surface area contributed by atoms with Crippen molar-refractivity contribution < 1.29 is 14.9 Å². The summed E-state index contributed by atoms with van der Waals surface area (Å²) in [4.78, 5) is 0. The summed E-state index contributed by atoms with van der Waals surface area (Å²) in [6, 6.07) is 13.6. The van der Waals surface area contributed by atoms with Crippen molar-refractivity contribution in [1.29, 1.82) is 0 Å². The van der Waals surface area contributed by atoms with E-state index < -0.39 is 0 Å². The minimum atomic E-state index is 0.0895. The van der Waals surface area contributed by atoms with Crippen molar-refractivity contribution in [3.63, 3.8) is 0 Å². The van der Waals surface area contributed by atoms with Gasteiger partial charge in [-0.2, -0.15) is 0 Å². The first-order valence-electron chi connectivity index (χ1n) is 8.91. The van der Waals surface area contributed by atoms with Crippen LogP contribution < -0.4 is 10.1 Å². The maximum absolute atomic E-state index is 10.4.